The van der Waals surface area contributed by atoms with Gasteiger partial charge in [-0.05, 0) is 6.42 Å². The van der Waals surface area contributed by atoms with Crippen molar-refractivity contribution in [2.75, 3.05) is 18.8 Å². The highest BCUT2D eigenvalue weighted by molar-refractivity contribution is 8.01. The van der Waals surface area contributed by atoms with Crippen LogP contribution >= 0.6 is 11.8 Å². The first kappa shape index (κ1) is 9.90. The first-order chi connectivity index (χ1) is 5.58. The van der Waals surface area contributed by atoms with E-state index in [1.54, 1.807) is 0 Å². The van der Waals surface area contributed by atoms with Crippen LogP contribution in [-0.4, -0.2) is 29.4 Å². The lowest BCUT2D eigenvalue weighted by atomic mass is 10.3. The van der Waals surface area contributed by atoms with E-state index in [1.807, 2.05) is 11.8 Å². The number of aliphatic imine (C=N–C) groups is 1. The summed E-state index contributed by atoms with van der Waals surface area (Å²) in [6.45, 7) is 8.82. The van der Waals surface area contributed by atoms with Crippen LogP contribution in [0, 0.1) is 0 Å². The van der Waals surface area contributed by atoms with Crippen LogP contribution in [-0.2, 0) is 0 Å². The molecule has 0 aliphatic carbocycles. The number of rotatable bonds is 2. The number of amidine groups is 1. The number of thioether (sulfide) groups is 1. The zero-order chi connectivity index (χ0) is 9.03. The molecule has 0 fully saturated rings. The van der Waals surface area contributed by atoms with Crippen LogP contribution in [0.25, 0.3) is 0 Å². The van der Waals surface area contributed by atoms with E-state index in [0.29, 0.717) is 4.75 Å². The van der Waals surface area contributed by atoms with E-state index in [4.69, 9.17) is 0 Å². The van der Waals surface area contributed by atoms with Crippen LogP contribution in [0.3, 0.4) is 0 Å². The van der Waals surface area contributed by atoms with E-state index in [0.717, 1.165) is 18.8 Å². The summed E-state index contributed by atoms with van der Waals surface area (Å²) in [4.78, 5) is 4.42. The fourth-order valence-electron chi connectivity index (χ4n) is 0.963. The lowest BCUT2D eigenvalue weighted by Crippen LogP contribution is -2.32. The third-order valence-corrected chi connectivity index (χ3v) is 2.89. The van der Waals surface area contributed by atoms with Gasteiger partial charge in [-0.3, -0.25) is 4.99 Å². The second-order valence-electron chi connectivity index (χ2n) is 4.01. The van der Waals surface area contributed by atoms with E-state index >= 15 is 0 Å². The van der Waals surface area contributed by atoms with Crippen LogP contribution < -0.4 is 5.32 Å². The molecular formula is C9H18N2S. The van der Waals surface area contributed by atoms with Gasteiger partial charge < -0.3 is 5.32 Å². The van der Waals surface area contributed by atoms with Gasteiger partial charge in [-0.2, -0.15) is 0 Å². The molecule has 1 aliphatic rings. The zero-order valence-electron chi connectivity index (χ0n) is 8.18. The minimum absolute atomic E-state index is 0.349. The van der Waals surface area contributed by atoms with E-state index in [-0.39, 0.29) is 0 Å². The Balaban J connectivity index is 2.26. The van der Waals surface area contributed by atoms with Gasteiger partial charge in [0.1, 0.15) is 5.84 Å². The van der Waals surface area contributed by atoms with Crippen molar-refractivity contribution in [1.82, 2.24) is 5.32 Å². The molecule has 0 radical (unpaired) electrons. The fourth-order valence-corrected chi connectivity index (χ4v) is 1.73. The average molecular weight is 186 g/mol. The maximum atomic E-state index is 4.42. The predicted molar refractivity (Wildman–Crippen MR) is 57.1 cm³/mol. The molecule has 2 nitrogen and oxygen atoms in total. The third-order valence-electron chi connectivity index (χ3n) is 1.61. The van der Waals surface area contributed by atoms with Crippen molar-refractivity contribution in [2.24, 2.45) is 4.99 Å². The van der Waals surface area contributed by atoms with Gasteiger partial charge in [0.15, 0.2) is 0 Å². The Bertz CT molecular complexity index is 170. The molecule has 3 heteroatoms. The predicted octanol–water partition coefficient (Wildman–Crippen LogP) is 1.91. The first-order valence-electron chi connectivity index (χ1n) is 4.49. The highest BCUT2D eigenvalue weighted by Crippen LogP contribution is 2.22. The average Bonchev–Trinajstić information content (AvgIpc) is 2.02. The van der Waals surface area contributed by atoms with Gasteiger partial charge in [-0.1, -0.05) is 20.8 Å². The summed E-state index contributed by atoms with van der Waals surface area (Å²) in [5.74, 6) is 2.21. The van der Waals surface area contributed by atoms with Gasteiger partial charge in [0, 0.05) is 17.8 Å². The molecule has 0 saturated carbocycles. The summed E-state index contributed by atoms with van der Waals surface area (Å²) in [7, 11) is 0. The molecule has 0 amide bonds. The Labute approximate surface area is 79.2 Å². The van der Waals surface area contributed by atoms with Gasteiger partial charge >= 0.3 is 0 Å². The van der Waals surface area contributed by atoms with Crippen LogP contribution in [0.15, 0.2) is 4.99 Å². The van der Waals surface area contributed by atoms with E-state index in [2.05, 4.69) is 31.1 Å². The smallest absolute Gasteiger partial charge is 0.106 e. The first-order valence-corrected chi connectivity index (χ1v) is 5.48. The highest BCUT2D eigenvalue weighted by Gasteiger charge is 2.12. The van der Waals surface area contributed by atoms with E-state index in [9.17, 15) is 0 Å². The van der Waals surface area contributed by atoms with Crippen LogP contribution in [0.4, 0.5) is 0 Å². The maximum absolute atomic E-state index is 4.42. The van der Waals surface area contributed by atoms with Crippen LogP contribution in [0.1, 0.15) is 27.2 Å². The van der Waals surface area contributed by atoms with Crippen molar-refractivity contribution in [3.8, 4) is 0 Å². The Hall–Kier alpha value is -0.180. The Morgan fingerprint density at radius 3 is 2.75 bits per heavy atom. The van der Waals surface area contributed by atoms with Crippen LogP contribution in [0.5, 0.6) is 0 Å². The standard InChI is InChI=1S/C9H18N2S/c1-9(2,3)12-7-8-10-5-4-6-11-8/h4-7H2,1-3H3,(H,10,11). The SMILES string of the molecule is CC(C)(C)SCC1=NCCCN1. The second-order valence-corrected chi connectivity index (χ2v) is 5.81. The number of hydrogen-bond acceptors (Lipinski definition) is 3. The molecule has 0 saturated heterocycles. The van der Waals surface area contributed by atoms with E-state index in [1.165, 1.54) is 12.3 Å². The molecule has 0 aromatic rings. The fraction of sp³-hybridized carbons (Fsp3) is 0.889. The zero-order valence-corrected chi connectivity index (χ0v) is 9.00. The third kappa shape index (κ3) is 4.00. The largest absolute Gasteiger partial charge is 0.373 e. The number of nitrogens with zero attached hydrogens (tertiary/aromatic N) is 1. The Morgan fingerprint density at radius 2 is 2.25 bits per heavy atom. The molecule has 0 unspecified atom stereocenters. The molecule has 0 aromatic carbocycles. The Morgan fingerprint density at radius 1 is 1.50 bits per heavy atom. The summed E-state index contributed by atoms with van der Waals surface area (Å²) < 4.78 is 0.349. The molecule has 0 aromatic heterocycles. The maximum Gasteiger partial charge on any atom is 0.106 e. The van der Waals surface area contributed by atoms with Gasteiger partial charge in [0.2, 0.25) is 0 Å². The molecule has 1 heterocycles. The molecule has 1 N–H and O–H groups in total. The van der Waals surface area contributed by atoms with Gasteiger partial charge in [-0.15, -0.1) is 11.8 Å². The van der Waals surface area contributed by atoms with Crippen molar-refractivity contribution < 1.29 is 0 Å². The van der Waals surface area contributed by atoms with Crippen molar-refractivity contribution in [1.29, 1.82) is 0 Å². The molecule has 1 aliphatic heterocycles. The monoisotopic (exact) mass is 186 g/mol. The summed E-state index contributed by atoms with van der Waals surface area (Å²) in [5, 5.41) is 3.32. The molecule has 12 heavy (non-hydrogen) atoms. The summed E-state index contributed by atoms with van der Waals surface area (Å²) in [6, 6.07) is 0. The minimum Gasteiger partial charge on any atom is -0.373 e. The van der Waals surface area contributed by atoms with Gasteiger partial charge in [0.25, 0.3) is 0 Å². The second kappa shape index (κ2) is 4.17. The lowest BCUT2D eigenvalue weighted by Gasteiger charge is -2.20. The summed E-state index contributed by atoms with van der Waals surface area (Å²) in [6.07, 6.45) is 1.18. The summed E-state index contributed by atoms with van der Waals surface area (Å²) >= 11 is 1.95. The quantitative estimate of drug-likeness (QED) is 0.712. The molecular weight excluding hydrogens is 168 g/mol. The molecule has 1 rings (SSSR count). The molecule has 0 bridgehead atoms. The Kier molecular flexibility index (Phi) is 3.44. The molecule has 0 spiro atoms. The van der Waals surface area contributed by atoms with Crippen LogP contribution in [0.2, 0.25) is 0 Å². The number of nitrogens with one attached hydrogen (secondary N) is 1. The van der Waals surface area contributed by atoms with Crippen molar-refractivity contribution in [3.05, 3.63) is 0 Å². The van der Waals surface area contributed by atoms with Gasteiger partial charge in [0.05, 0.1) is 5.75 Å². The number of hydrogen-bond donors (Lipinski definition) is 1. The van der Waals surface area contributed by atoms with Crippen molar-refractivity contribution in [2.45, 2.75) is 31.9 Å². The van der Waals surface area contributed by atoms with Crippen molar-refractivity contribution in [3.63, 3.8) is 0 Å². The van der Waals surface area contributed by atoms with Gasteiger partial charge in [-0.25, -0.2) is 0 Å². The normalized spacial score (nSPS) is 18.4. The minimum atomic E-state index is 0.349. The molecule has 70 valence electrons. The van der Waals surface area contributed by atoms with Crippen molar-refractivity contribution >= 4 is 17.6 Å². The summed E-state index contributed by atoms with van der Waals surface area (Å²) in [5.41, 5.74) is 0. The molecule has 0 atom stereocenters. The highest BCUT2D eigenvalue weighted by atomic mass is 32.2. The lowest BCUT2D eigenvalue weighted by molar-refractivity contribution is 0.738. The van der Waals surface area contributed by atoms with E-state index < -0.39 is 0 Å². The topological polar surface area (TPSA) is 24.4 Å².